The van der Waals surface area contributed by atoms with Crippen molar-refractivity contribution < 1.29 is 18.0 Å². The fourth-order valence-electron chi connectivity index (χ4n) is 2.95. The third kappa shape index (κ3) is 3.86. The van der Waals surface area contributed by atoms with Crippen molar-refractivity contribution in [2.24, 2.45) is 0 Å². The lowest BCUT2D eigenvalue weighted by atomic mass is 10.1. The van der Waals surface area contributed by atoms with Gasteiger partial charge in [-0.1, -0.05) is 42.0 Å². The number of rotatable bonds is 3. The first-order chi connectivity index (χ1) is 14.2. The van der Waals surface area contributed by atoms with E-state index in [1.807, 2.05) is 19.9 Å². The monoisotopic (exact) mass is 411 g/mol. The molecule has 0 aliphatic heterocycles. The smallest absolute Gasteiger partial charge is 0.319 e. The molecule has 0 bridgehead atoms. The number of halogens is 3. The fraction of sp³-hybridized carbons (Fsp3) is 0.143. The number of amides is 1. The van der Waals surface area contributed by atoms with Crippen molar-refractivity contribution in [3.8, 4) is 11.3 Å². The van der Waals surface area contributed by atoms with E-state index in [1.54, 1.807) is 42.5 Å². The fourth-order valence-corrected chi connectivity index (χ4v) is 2.95. The minimum Gasteiger partial charge on any atom is -0.319 e. The van der Waals surface area contributed by atoms with Crippen LogP contribution in [0.3, 0.4) is 0 Å². The molecule has 0 saturated carbocycles. The van der Waals surface area contributed by atoms with Gasteiger partial charge in [-0.05, 0) is 37.6 Å². The molecule has 2 aromatic heterocycles. The molecule has 9 heteroatoms. The summed E-state index contributed by atoms with van der Waals surface area (Å²) in [6.07, 6.45) is -4.71. The maximum Gasteiger partial charge on any atom is 0.433 e. The van der Waals surface area contributed by atoms with Crippen molar-refractivity contribution in [1.82, 2.24) is 19.6 Å². The van der Waals surface area contributed by atoms with Gasteiger partial charge in [-0.25, -0.2) is 4.98 Å². The highest BCUT2D eigenvalue weighted by Gasteiger charge is 2.36. The number of benzene rings is 2. The van der Waals surface area contributed by atoms with Gasteiger partial charge in [-0.3, -0.25) is 4.79 Å². The first kappa shape index (κ1) is 19.6. The summed E-state index contributed by atoms with van der Waals surface area (Å²) in [6.45, 7) is 3.73. The molecule has 0 atom stereocenters. The van der Waals surface area contributed by atoms with Gasteiger partial charge >= 0.3 is 6.18 Å². The molecule has 2 aromatic carbocycles. The van der Waals surface area contributed by atoms with E-state index in [4.69, 9.17) is 0 Å². The number of carbonyl (C=O) groups is 1. The number of hydrogen-bond acceptors (Lipinski definition) is 4. The number of nitrogens with zero attached hydrogens (tertiary/aromatic N) is 4. The summed E-state index contributed by atoms with van der Waals surface area (Å²) in [4.78, 5) is 20.6. The van der Waals surface area contributed by atoms with Gasteiger partial charge in [0.1, 0.15) is 0 Å². The van der Waals surface area contributed by atoms with Crippen LogP contribution >= 0.6 is 0 Å². The summed E-state index contributed by atoms with van der Waals surface area (Å²) in [5.41, 5.74) is 1.90. The first-order valence-electron chi connectivity index (χ1n) is 9.01. The molecule has 1 amide bonds. The van der Waals surface area contributed by atoms with Gasteiger partial charge in [-0.2, -0.15) is 22.7 Å². The summed E-state index contributed by atoms with van der Waals surface area (Å²) < 4.78 is 41.5. The zero-order valence-electron chi connectivity index (χ0n) is 16.0. The molecule has 0 saturated heterocycles. The van der Waals surface area contributed by atoms with E-state index in [0.717, 1.165) is 17.2 Å². The van der Waals surface area contributed by atoms with E-state index < -0.39 is 23.6 Å². The molecule has 4 rings (SSSR count). The summed E-state index contributed by atoms with van der Waals surface area (Å²) in [7, 11) is 0. The maximum atomic E-state index is 13.7. The molecule has 0 aliphatic rings. The van der Waals surface area contributed by atoms with Gasteiger partial charge in [-0.15, -0.1) is 5.10 Å². The Hall–Kier alpha value is -3.75. The van der Waals surface area contributed by atoms with Gasteiger partial charge < -0.3 is 5.32 Å². The van der Waals surface area contributed by atoms with E-state index in [-0.39, 0.29) is 11.5 Å². The van der Waals surface area contributed by atoms with Crippen molar-refractivity contribution in [3.63, 3.8) is 0 Å². The number of aryl methyl sites for hydroxylation is 2. The van der Waals surface area contributed by atoms with Crippen molar-refractivity contribution in [1.29, 1.82) is 0 Å². The zero-order valence-corrected chi connectivity index (χ0v) is 16.0. The Morgan fingerprint density at radius 1 is 0.967 bits per heavy atom. The van der Waals surface area contributed by atoms with Crippen LogP contribution in [0.1, 0.15) is 27.4 Å². The third-order valence-corrected chi connectivity index (χ3v) is 4.43. The van der Waals surface area contributed by atoms with Crippen LogP contribution in [0.15, 0.2) is 54.6 Å². The summed E-state index contributed by atoms with van der Waals surface area (Å²) >= 11 is 0. The van der Waals surface area contributed by atoms with Gasteiger partial charge in [0.05, 0.1) is 5.69 Å². The molecule has 0 radical (unpaired) electrons. The van der Waals surface area contributed by atoms with Crippen LogP contribution in [0.5, 0.6) is 0 Å². The van der Waals surface area contributed by atoms with Crippen LogP contribution in [0.4, 0.5) is 18.9 Å². The predicted octanol–water partition coefficient (Wildman–Crippen LogP) is 4.68. The van der Waals surface area contributed by atoms with E-state index in [1.165, 1.54) is 0 Å². The standard InChI is InChI=1S/C21H16F3N5O/c1-12-6-8-14(9-7-12)16-11-17(21(22,23)24)29-20(26-16)27-18(28-29)19(30)25-15-5-3-4-13(2)10-15/h3-11H,1-2H3,(H,25,30). The van der Waals surface area contributed by atoms with E-state index in [9.17, 15) is 18.0 Å². The Bertz CT molecular complexity index is 1250. The topological polar surface area (TPSA) is 72.2 Å². The molecule has 0 unspecified atom stereocenters. The van der Waals surface area contributed by atoms with Gasteiger partial charge in [0.15, 0.2) is 5.69 Å². The number of fused-ring (bicyclic) bond motifs is 1. The lowest BCUT2D eigenvalue weighted by Crippen LogP contribution is -2.16. The molecule has 4 aromatic rings. The molecule has 6 nitrogen and oxygen atoms in total. The molecular weight excluding hydrogens is 395 g/mol. The first-order valence-corrected chi connectivity index (χ1v) is 9.01. The van der Waals surface area contributed by atoms with E-state index >= 15 is 0 Å². The van der Waals surface area contributed by atoms with Crippen LogP contribution in [-0.4, -0.2) is 25.5 Å². The highest BCUT2D eigenvalue weighted by Crippen LogP contribution is 2.32. The molecule has 2 heterocycles. The van der Waals surface area contributed by atoms with Crippen LogP contribution in [-0.2, 0) is 6.18 Å². The van der Waals surface area contributed by atoms with Crippen molar-refractivity contribution in [3.05, 3.63) is 77.2 Å². The minimum absolute atomic E-state index is 0.0906. The second-order valence-electron chi connectivity index (χ2n) is 6.86. The van der Waals surface area contributed by atoms with E-state index in [0.29, 0.717) is 15.8 Å². The quantitative estimate of drug-likeness (QED) is 0.531. The van der Waals surface area contributed by atoms with Gasteiger partial charge in [0.25, 0.3) is 11.7 Å². The normalized spacial score (nSPS) is 11.6. The molecule has 152 valence electrons. The van der Waals surface area contributed by atoms with Crippen molar-refractivity contribution in [2.45, 2.75) is 20.0 Å². The third-order valence-electron chi connectivity index (χ3n) is 4.43. The second kappa shape index (κ2) is 7.25. The second-order valence-corrected chi connectivity index (χ2v) is 6.86. The molecule has 30 heavy (non-hydrogen) atoms. The molecular formula is C21H16F3N5O. The number of carbonyl (C=O) groups excluding carboxylic acids is 1. The van der Waals surface area contributed by atoms with Gasteiger partial charge in [0.2, 0.25) is 5.82 Å². The molecule has 0 aliphatic carbocycles. The van der Waals surface area contributed by atoms with Crippen LogP contribution in [0.25, 0.3) is 17.0 Å². The lowest BCUT2D eigenvalue weighted by Gasteiger charge is -2.10. The number of anilines is 1. The molecule has 0 fully saturated rings. The SMILES string of the molecule is Cc1ccc(-c2cc(C(F)(F)F)n3nc(C(=O)Nc4cccc(C)c4)nc3n2)cc1. The van der Waals surface area contributed by atoms with Crippen LogP contribution in [0, 0.1) is 13.8 Å². The van der Waals surface area contributed by atoms with Gasteiger partial charge in [0, 0.05) is 11.3 Å². The maximum absolute atomic E-state index is 13.7. The molecule has 1 N–H and O–H groups in total. The summed E-state index contributed by atoms with van der Waals surface area (Å²) in [5, 5.41) is 6.34. The summed E-state index contributed by atoms with van der Waals surface area (Å²) in [5.74, 6) is -1.44. The largest absolute Gasteiger partial charge is 0.433 e. The Labute approximate surface area is 169 Å². The number of nitrogens with one attached hydrogen (secondary N) is 1. The average molecular weight is 411 g/mol. The highest BCUT2D eigenvalue weighted by molar-refractivity contribution is 6.01. The van der Waals surface area contributed by atoms with Crippen LogP contribution in [0.2, 0.25) is 0 Å². The Morgan fingerprint density at radius 3 is 2.37 bits per heavy atom. The summed E-state index contributed by atoms with van der Waals surface area (Å²) in [6, 6.07) is 14.8. The highest BCUT2D eigenvalue weighted by atomic mass is 19.4. The number of aromatic nitrogens is 4. The van der Waals surface area contributed by atoms with Crippen molar-refractivity contribution >= 4 is 17.4 Å². The lowest BCUT2D eigenvalue weighted by molar-refractivity contribution is -0.142. The van der Waals surface area contributed by atoms with Crippen molar-refractivity contribution in [2.75, 3.05) is 5.32 Å². The number of alkyl halides is 3. The van der Waals surface area contributed by atoms with E-state index in [2.05, 4.69) is 20.4 Å². The zero-order chi connectivity index (χ0) is 21.5. The molecule has 0 spiro atoms. The average Bonchev–Trinajstić information content (AvgIpc) is 3.11. The Kier molecular flexibility index (Phi) is 4.73. The minimum atomic E-state index is -4.71. The van der Waals surface area contributed by atoms with Crippen LogP contribution < -0.4 is 5.32 Å². The predicted molar refractivity (Wildman–Crippen MR) is 105 cm³/mol. The number of hydrogen-bond donors (Lipinski definition) is 1. The Morgan fingerprint density at radius 2 is 1.70 bits per heavy atom. The Balaban J connectivity index is 1.78.